The Hall–Kier alpha value is -2.65. The summed E-state index contributed by atoms with van der Waals surface area (Å²) in [6.45, 7) is 1.94. The predicted molar refractivity (Wildman–Crippen MR) is 126 cm³/mol. The number of carbonyl (C=O) groups is 1. The van der Waals surface area contributed by atoms with Crippen molar-refractivity contribution < 1.29 is 23.2 Å². The second kappa shape index (κ2) is 10.5. The highest BCUT2D eigenvalue weighted by molar-refractivity contribution is 7.92. The smallest absolute Gasteiger partial charge is 0.264 e. The zero-order valence-electron chi connectivity index (χ0n) is 19.0. The van der Waals surface area contributed by atoms with E-state index in [4.69, 9.17) is 9.94 Å². The number of benzene rings is 1. The first kappa shape index (κ1) is 25.0. The maximum absolute atomic E-state index is 12.6. The van der Waals surface area contributed by atoms with Crippen molar-refractivity contribution in [1.82, 2.24) is 10.0 Å². The molecule has 1 fully saturated rings. The van der Waals surface area contributed by atoms with E-state index in [1.165, 1.54) is 35.9 Å². The fourth-order valence-electron chi connectivity index (χ4n) is 3.91. The molecule has 1 aliphatic carbocycles. The monoisotopic (exact) mass is 475 g/mol. The maximum atomic E-state index is 12.6. The number of hydrogen-bond acceptors (Lipinski definition) is 6. The van der Waals surface area contributed by atoms with Crippen molar-refractivity contribution in [2.45, 2.75) is 50.3 Å². The molecule has 1 radical (unpaired) electrons. The molecule has 1 atom stereocenters. The Morgan fingerprint density at radius 1 is 1.18 bits per heavy atom. The van der Waals surface area contributed by atoms with Crippen LogP contribution in [-0.2, 0) is 21.2 Å². The summed E-state index contributed by atoms with van der Waals surface area (Å²) in [6.07, 6.45) is 9.31. The lowest BCUT2D eigenvalue weighted by atomic mass is 9.90. The average molecular weight is 476 g/mol. The number of carbonyl (C=O) groups excluding carboxylic acids is 1. The third kappa shape index (κ3) is 6.03. The Morgan fingerprint density at radius 2 is 1.85 bits per heavy atom. The van der Waals surface area contributed by atoms with Gasteiger partial charge in [0.2, 0.25) is 0 Å². The minimum Gasteiger partial charge on any atom is -0.493 e. The molecule has 1 aromatic heterocycles. The number of amides is 1. The number of pyridine rings is 1. The van der Waals surface area contributed by atoms with E-state index in [1.54, 1.807) is 12.3 Å². The number of hydrogen-bond donors (Lipinski definition) is 2. The van der Waals surface area contributed by atoms with Gasteiger partial charge in [0.15, 0.2) is 14.6 Å². The molecule has 1 saturated carbocycles. The van der Waals surface area contributed by atoms with Gasteiger partial charge in [-0.3, -0.25) is 14.8 Å². The van der Waals surface area contributed by atoms with Crippen LogP contribution in [0.15, 0.2) is 47.4 Å². The lowest BCUT2D eigenvalue weighted by Crippen LogP contribution is -2.49. The number of rotatable bonds is 9. The summed E-state index contributed by atoms with van der Waals surface area (Å²) in [7, 11) is -3.83. The molecule has 0 saturated heterocycles. The number of aromatic nitrogens is 1. The van der Waals surface area contributed by atoms with Crippen molar-refractivity contribution in [1.29, 1.82) is 0 Å². The number of nitrogens with one attached hydrogen (secondary N) is 1. The van der Waals surface area contributed by atoms with Gasteiger partial charge in [0, 0.05) is 25.1 Å². The van der Waals surface area contributed by atoms with E-state index in [0.717, 1.165) is 36.0 Å². The van der Waals surface area contributed by atoms with Crippen LogP contribution in [0.2, 0.25) is 0 Å². The molecule has 1 amide bonds. The molecule has 2 aromatic rings. The van der Waals surface area contributed by atoms with E-state index in [9.17, 15) is 18.0 Å². The van der Waals surface area contributed by atoms with Gasteiger partial charge < -0.3 is 9.30 Å². The van der Waals surface area contributed by atoms with Crippen molar-refractivity contribution >= 4 is 15.7 Å². The van der Waals surface area contributed by atoms with Gasteiger partial charge in [-0.2, -0.15) is 0 Å². The van der Waals surface area contributed by atoms with Crippen molar-refractivity contribution in [3.05, 3.63) is 59.4 Å². The molecule has 2 N–H and O–H groups in total. The topological polar surface area (TPSA) is 115 Å². The number of aryl methyl sites for hydroxylation is 1. The van der Waals surface area contributed by atoms with E-state index in [-0.39, 0.29) is 18.5 Å². The Labute approximate surface area is 194 Å². The van der Waals surface area contributed by atoms with Crippen molar-refractivity contribution in [2.24, 2.45) is 5.92 Å². The summed E-state index contributed by atoms with van der Waals surface area (Å²) in [6, 6.07) is 10.8. The Balaban J connectivity index is 1.66. The molecule has 8 nitrogen and oxygen atoms in total. The molecule has 0 bridgehead atoms. The molecule has 1 heterocycles. The largest absolute Gasteiger partial charge is 0.493 e. The highest BCUT2D eigenvalue weighted by atomic mass is 32.2. The van der Waals surface area contributed by atoms with Crippen LogP contribution in [0.1, 0.15) is 39.0 Å². The van der Waals surface area contributed by atoms with Gasteiger partial charge in [-0.1, -0.05) is 12.1 Å². The molecular formula is C24H31N2O6S. The van der Waals surface area contributed by atoms with E-state index < -0.39 is 20.5 Å². The number of hydroxylamine groups is 1. The summed E-state index contributed by atoms with van der Waals surface area (Å²) >= 11 is 0. The van der Waals surface area contributed by atoms with Crippen LogP contribution < -0.4 is 15.8 Å². The van der Waals surface area contributed by atoms with Gasteiger partial charge in [0.05, 0.1) is 6.61 Å². The van der Waals surface area contributed by atoms with Crippen LogP contribution in [0.4, 0.5) is 0 Å². The first-order valence-corrected chi connectivity index (χ1v) is 12.9. The number of sulfone groups is 1. The van der Waals surface area contributed by atoms with Gasteiger partial charge >= 0.3 is 0 Å². The van der Waals surface area contributed by atoms with Crippen molar-refractivity contribution in [3.63, 3.8) is 0 Å². The highest BCUT2D eigenvalue weighted by Crippen LogP contribution is 2.26. The maximum Gasteiger partial charge on any atom is 0.264 e. The molecule has 179 valence electrons. The van der Waals surface area contributed by atoms with Crippen molar-refractivity contribution in [2.75, 3.05) is 12.9 Å². The minimum atomic E-state index is -3.83. The zero-order valence-corrected chi connectivity index (χ0v) is 19.8. The summed E-state index contributed by atoms with van der Waals surface area (Å²) < 4.78 is 29.6. The van der Waals surface area contributed by atoms with E-state index >= 15 is 0 Å². The molecule has 0 unspecified atom stereocenters. The normalized spacial score (nSPS) is 16.7. The van der Waals surface area contributed by atoms with Crippen LogP contribution in [0, 0.1) is 12.3 Å². The molecule has 1 aliphatic rings. The van der Waals surface area contributed by atoms with Crippen LogP contribution in [0.5, 0.6) is 5.75 Å². The van der Waals surface area contributed by atoms with E-state index in [2.05, 4.69) is 6.42 Å². The fourth-order valence-corrected chi connectivity index (χ4v) is 4.76. The van der Waals surface area contributed by atoms with Gasteiger partial charge in [0.25, 0.3) is 11.5 Å². The summed E-state index contributed by atoms with van der Waals surface area (Å²) in [5.74, 6) is 0.359. The summed E-state index contributed by atoms with van der Waals surface area (Å²) in [5.41, 5.74) is 2.68. The fraction of sp³-hybridized carbons (Fsp3) is 0.458. The van der Waals surface area contributed by atoms with Crippen molar-refractivity contribution in [3.8, 4) is 16.9 Å². The molecule has 33 heavy (non-hydrogen) atoms. The SMILES string of the molecule is C[C@@](CCn1ccc(-c2ccc(OCC3CC[CH]CC3)cc2)cc1=O)(C(=O)NO)S(C)(=O)=O. The van der Waals surface area contributed by atoms with Crippen LogP contribution >= 0.6 is 0 Å². The number of ether oxygens (including phenoxy) is 1. The molecule has 0 aliphatic heterocycles. The molecule has 3 rings (SSSR count). The first-order chi connectivity index (χ1) is 15.6. The van der Waals surface area contributed by atoms with Crippen LogP contribution in [0.25, 0.3) is 11.1 Å². The Morgan fingerprint density at radius 3 is 2.42 bits per heavy atom. The molecule has 0 spiro atoms. The lowest BCUT2D eigenvalue weighted by molar-refractivity contribution is -0.131. The standard InChI is InChI=1S/C24H31N2O6S/c1-24(23(28)25-29,33(2,30)31)13-15-26-14-12-20(16-22(26)27)19-8-10-21(11-9-19)32-17-18-6-4-3-5-7-18/h3,8-12,14,16,18,29H,4-7,13,15,17H2,1-2H3,(H,25,28)/t24-/m1/s1. The van der Waals surface area contributed by atoms with Gasteiger partial charge in [-0.25, -0.2) is 13.9 Å². The molecular weight excluding hydrogens is 444 g/mol. The second-order valence-corrected chi connectivity index (χ2v) is 11.2. The van der Waals surface area contributed by atoms with Crippen LogP contribution in [0.3, 0.4) is 0 Å². The second-order valence-electron chi connectivity index (χ2n) is 8.79. The summed E-state index contributed by atoms with van der Waals surface area (Å²) in [4.78, 5) is 24.6. The quantitative estimate of drug-likeness (QED) is 0.426. The van der Waals surface area contributed by atoms with Gasteiger partial charge in [0.1, 0.15) is 5.75 Å². The third-order valence-electron chi connectivity index (χ3n) is 6.46. The summed E-state index contributed by atoms with van der Waals surface area (Å²) in [5, 5.41) is 8.92. The lowest BCUT2D eigenvalue weighted by Gasteiger charge is -2.25. The predicted octanol–water partition coefficient (Wildman–Crippen LogP) is 2.99. The average Bonchev–Trinajstić information content (AvgIpc) is 2.81. The van der Waals surface area contributed by atoms with Gasteiger partial charge in [-0.15, -0.1) is 0 Å². The van der Waals surface area contributed by atoms with Gasteiger partial charge in [-0.05, 0) is 80.7 Å². The zero-order chi connectivity index (χ0) is 24.1. The minimum absolute atomic E-state index is 0.00179. The van der Waals surface area contributed by atoms with E-state index in [0.29, 0.717) is 12.5 Å². The third-order valence-corrected chi connectivity index (χ3v) is 8.48. The first-order valence-electron chi connectivity index (χ1n) is 11.0. The molecule has 1 aromatic carbocycles. The van der Waals surface area contributed by atoms with E-state index in [1.807, 2.05) is 24.3 Å². The number of nitrogens with zero attached hydrogens (tertiary/aromatic N) is 1. The Bertz CT molecular complexity index is 1120. The Kier molecular flexibility index (Phi) is 7.97. The molecule has 9 heteroatoms. The highest BCUT2D eigenvalue weighted by Gasteiger charge is 2.43. The van der Waals surface area contributed by atoms with Crippen LogP contribution in [-0.4, -0.2) is 41.7 Å².